The zero-order valence-electron chi connectivity index (χ0n) is 12.1. The van der Waals surface area contributed by atoms with Crippen LogP contribution in [0, 0.1) is 0 Å². The summed E-state index contributed by atoms with van der Waals surface area (Å²) >= 11 is 3.53. The van der Waals surface area contributed by atoms with Crippen LogP contribution in [0.2, 0.25) is 0 Å². The molecule has 1 aliphatic carbocycles. The Morgan fingerprint density at radius 3 is 2.57 bits per heavy atom. The molecule has 1 saturated carbocycles. The summed E-state index contributed by atoms with van der Waals surface area (Å²) in [5, 5.41) is 10.9. The van der Waals surface area contributed by atoms with Gasteiger partial charge in [0.15, 0.2) is 0 Å². The predicted octanol–water partition coefficient (Wildman–Crippen LogP) is 4.81. The second-order valence-corrected chi connectivity index (χ2v) is 6.40. The van der Waals surface area contributed by atoms with E-state index in [-0.39, 0.29) is 0 Å². The summed E-state index contributed by atoms with van der Waals surface area (Å²) in [5.74, 6) is 1.36. The predicted molar refractivity (Wildman–Crippen MR) is 87.8 cm³/mol. The van der Waals surface area contributed by atoms with Crippen molar-refractivity contribution in [3.05, 3.63) is 63.6 Å². The summed E-state index contributed by atoms with van der Waals surface area (Å²) in [5.41, 5.74) is 3.14. The van der Waals surface area contributed by atoms with Gasteiger partial charge < -0.3 is 9.84 Å². The van der Waals surface area contributed by atoms with Crippen molar-refractivity contribution in [1.29, 1.82) is 0 Å². The molecule has 1 fully saturated rings. The molecule has 0 aromatic heterocycles. The van der Waals surface area contributed by atoms with Crippen molar-refractivity contribution in [3.63, 3.8) is 0 Å². The van der Waals surface area contributed by atoms with Crippen LogP contribution in [0.25, 0.3) is 0 Å². The van der Waals surface area contributed by atoms with E-state index in [4.69, 9.17) is 4.74 Å². The minimum absolute atomic E-state index is 0.597. The molecule has 0 spiro atoms. The van der Waals surface area contributed by atoms with E-state index in [1.54, 1.807) is 7.11 Å². The molecule has 1 unspecified atom stereocenters. The summed E-state index contributed by atoms with van der Waals surface area (Å²) < 4.78 is 6.18. The Kier molecular flexibility index (Phi) is 4.32. The van der Waals surface area contributed by atoms with Crippen LogP contribution < -0.4 is 4.74 Å². The molecule has 0 saturated heterocycles. The van der Waals surface area contributed by atoms with Gasteiger partial charge in [0.1, 0.15) is 11.9 Å². The minimum atomic E-state index is -0.633. The topological polar surface area (TPSA) is 29.5 Å². The third-order valence-electron chi connectivity index (χ3n) is 4.33. The fraction of sp³-hybridized carbons (Fsp3) is 0.333. The van der Waals surface area contributed by atoms with Crippen molar-refractivity contribution in [3.8, 4) is 5.75 Å². The van der Waals surface area contributed by atoms with Gasteiger partial charge in [0, 0.05) is 10.0 Å². The minimum Gasteiger partial charge on any atom is -0.497 e. The molecule has 2 nitrogen and oxygen atoms in total. The first-order valence-corrected chi connectivity index (χ1v) is 8.10. The highest BCUT2D eigenvalue weighted by Gasteiger charge is 2.25. The SMILES string of the molecule is COc1ccc(Br)c(C(O)c2ccccc2C2CCC2)c1. The molecule has 0 amide bonds. The van der Waals surface area contributed by atoms with Gasteiger partial charge >= 0.3 is 0 Å². The molecular weight excluding hydrogens is 328 g/mol. The number of aliphatic hydroxyl groups excluding tert-OH is 1. The van der Waals surface area contributed by atoms with E-state index in [2.05, 4.69) is 28.1 Å². The number of methoxy groups -OCH3 is 1. The number of aliphatic hydroxyl groups is 1. The Labute approximate surface area is 133 Å². The van der Waals surface area contributed by atoms with Crippen LogP contribution in [0.3, 0.4) is 0 Å². The Morgan fingerprint density at radius 2 is 1.90 bits per heavy atom. The number of benzene rings is 2. The molecule has 110 valence electrons. The summed E-state index contributed by atoms with van der Waals surface area (Å²) in [7, 11) is 1.64. The summed E-state index contributed by atoms with van der Waals surface area (Å²) in [6.45, 7) is 0. The summed E-state index contributed by atoms with van der Waals surface area (Å²) in [6, 6.07) is 13.9. The largest absolute Gasteiger partial charge is 0.497 e. The zero-order chi connectivity index (χ0) is 14.8. The average Bonchev–Trinajstić information content (AvgIpc) is 2.46. The molecule has 2 aromatic rings. The maximum Gasteiger partial charge on any atom is 0.119 e. The monoisotopic (exact) mass is 346 g/mol. The molecule has 2 aromatic carbocycles. The molecule has 21 heavy (non-hydrogen) atoms. The maximum atomic E-state index is 10.9. The zero-order valence-corrected chi connectivity index (χ0v) is 13.6. The number of rotatable bonds is 4. The molecule has 0 bridgehead atoms. The van der Waals surface area contributed by atoms with E-state index in [0.29, 0.717) is 5.92 Å². The van der Waals surface area contributed by atoms with Gasteiger partial charge in [0.05, 0.1) is 7.11 Å². The van der Waals surface area contributed by atoms with Gasteiger partial charge in [-0.2, -0.15) is 0 Å². The van der Waals surface area contributed by atoms with E-state index in [0.717, 1.165) is 21.3 Å². The van der Waals surface area contributed by atoms with Gasteiger partial charge in [-0.25, -0.2) is 0 Å². The van der Waals surface area contributed by atoms with E-state index < -0.39 is 6.10 Å². The van der Waals surface area contributed by atoms with Gasteiger partial charge in [-0.3, -0.25) is 0 Å². The highest BCUT2D eigenvalue weighted by atomic mass is 79.9. The van der Waals surface area contributed by atoms with E-state index in [9.17, 15) is 5.11 Å². The molecule has 0 aliphatic heterocycles. The van der Waals surface area contributed by atoms with Gasteiger partial charge in [-0.05, 0) is 48.1 Å². The average molecular weight is 347 g/mol. The lowest BCUT2D eigenvalue weighted by Crippen LogP contribution is -2.13. The normalized spacial score (nSPS) is 16.3. The molecule has 1 atom stereocenters. The van der Waals surface area contributed by atoms with Crippen LogP contribution in [0.1, 0.15) is 48.0 Å². The number of halogens is 1. The van der Waals surface area contributed by atoms with Crippen molar-refractivity contribution in [2.24, 2.45) is 0 Å². The molecule has 1 aliphatic rings. The molecule has 1 N–H and O–H groups in total. The first-order chi connectivity index (χ1) is 10.2. The van der Waals surface area contributed by atoms with Crippen LogP contribution in [0.5, 0.6) is 5.75 Å². The lowest BCUT2D eigenvalue weighted by molar-refractivity contribution is 0.215. The Morgan fingerprint density at radius 1 is 1.14 bits per heavy atom. The Bertz CT molecular complexity index is 635. The van der Waals surface area contributed by atoms with E-state index >= 15 is 0 Å². The second-order valence-electron chi connectivity index (χ2n) is 5.55. The smallest absolute Gasteiger partial charge is 0.119 e. The second kappa shape index (κ2) is 6.20. The molecule has 3 heteroatoms. The summed E-state index contributed by atoms with van der Waals surface area (Å²) in [6.07, 6.45) is 3.11. The molecule has 0 radical (unpaired) electrons. The first kappa shape index (κ1) is 14.6. The fourth-order valence-electron chi connectivity index (χ4n) is 2.88. The lowest BCUT2D eigenvalue weighted by Gasteiger charge is -2.29. The number of ether oxygens (including phenoxy) is 1. The highest BCUT2D eigenvalue weighted by Crippen LogP contribution is 2.41. The Balaban J connectivity index is 2.00. The fourth-order valence-corrected chi connectivity index (χ4v) is 3.34. The van der Waals surface area contributed by atoms with Gasteiger partial charge in [-0.15, -0.1) is 0 Å². The van der Waals surface area contributed by atoms with E-state index in [1.807, 2.05) is 30.3 Å². The van der Waals surface area contributed by atoms with Crippen molar-refractivity contribution < 1.29 is 9.84 Å². The summed E-state index contributed by atoms with van der Waals surface area (Å²) in [4.78, 5) is 0. The van der Waals surface area contributed by atoms with Gasteiger partial charge in [-0.1, -0.05) is 46.6 Å². The van der Waals surface area contributed by atoms with Gasteiger partial charge in [0.25, 0.3) is 0 Å². The van der Waals surface area contributed by atoms with Crippen LogP contribution in [0.4, 0.5) is 0 Å². The van der Waals surface area contributed by atoms with Crippen molar-refractivity contribution in [2.45, 2.75) is 31.3 Å². The third-order valence-corrected chi connectivity index (χ3v) is 5.06. The van der Waals surface area contributed by atoms with Crippen LogP contribution in [-0.2, 0) is 0 Å². The van der Waals surface area contributed by atoms with Crippen LogP contribution >= 0.6 is 15.9 Å². The number of hydrogen-bond donors (Lipinski definition) is 1. The van der Waals surface area contributed by atoms with E-state index in [1.165, 1.54) is 24.8 Å². The molecular formula is C18H19BrO2. The number of hydrogen-bond acceptors (Lipinski definition) is 2. The van der Waals surface area contributed by atoms with Crippen molar-refractivity contribution in [2.75, 3.05) is 7.11 Å². The quantitative estimate of drug-likeness (QED) is 0.860. The van der Waals surface area contributed by atoms with Crippen molar-refractivity contribution in [1.82, 2.24) is 0 Å². The van der Waals surface area contributed by atoms with Crippen LogP contribution in [0.15, 0.2) is 46.9 Å². The van der Waals surface area contributed by atoms with Gasteiger partial charge in [0.2, 0.25) is 0 Å². The standard InChI is InChI=1S/C18H19BrO2/c1-21-13-9-10-17(19)16(11-13)18(20)15-8-3-2-7-14(15)12-5-4-6-12/h2-3,7-12,18,20H,4-6H2,1H3. The molecule has 3 rings (SSSR count). The first-order valence-electron chi connectivity index (χ1n) is 7.31. The van der Waals surface area contributed by atoms with Crippen molar-refractivity contribution >= 4 is 15.9 Å². The Hall–Kier alpha value is -1.32. The highest BCUT2D eigenvalue weighted by molar-refractivity contribution is 9.10. The maximum absolute atomic E-state index is 10.9. The van der Waals surface area contributed by atoms with Crippen LogP contribution in [-0.4, -0.2) is 12.2 Å². The third kappa shape index (κ3) is 2.85. The lowest BCUT2D eigenvalue weighted by atomic mass is 9.77. The molecule has 0 heterocycles.